The topological polar surface area (TPSA) is 52.6 Å². The van der Waals surface area contributed by atoms with Gasteiger partial charge in [-0.25, -0.2) is 0 Å². The normalized spacial score (nSPS) is 24.6. The summed E-state index contributed by atoms with van der Waals surface area (Å²) in [7, 11) is 0. The summed E-state index contributed by atoms with van der Waals surface area (Å²) in [4.78, 5) is 31.3. The predicted octanol–water partition coefficient (Wildman–Crippen LogP) is 6.57. The maximum atomic E-state index is 13.0. The fourth-order valence-electron chi connectivity index (χ4n) is 7.52. The fourth-order valence-corrected chi connectivity index (χ4v) is 7.52. The zero-order valence-corrected chi connectivity index (χ0v) is 24.3. The highest BCUT2D eigenvalue weighted by Gasteiger charge is 2.30. The minimum Gasteiger partial charge on any atom is -0.351 e. The van der Waals surface area contributed by atoms with Gasteiger partial charge in [0.2, 0.25) is 0 Å². The average Bonchev–Trinajstić information content (AvgIpc) is 3.52. The molecule has 2 unspecified atom stereocenters. The van der Waals surface area contributed by atoms with E-state index in [0.717, 1.165) is 76.3 Å². The van der Waals surface area contributed by atoms with E-state index in [1.54, 1.807) is 0 Å². The molecule has 5 nitrogen and oxygen atoms in total. The largest absolute Gasteiger partial charge is 0.351 e. The van der Waals surface area contributed by atoms with Gasteiger partial charge in [-0.3, -0.25) is 19.4 Å². The molecule has 212 valence electrons. The summed E-state index contributed by atoms with van der Waals surface area (Å²) in [6.07, 6.45) is 16.6. The summed E-state index contributed by atoms with van der Waals surface area (Å²) in [6.45, 7) is 10.7. The number of rotatable bonds is 10. The molecular weight excluding hydrogens is 470 g/mol. The van der Waals surface area contributed by atoms with Gasteiger partial charge in [0.05, 0.1) is 5.56 Å². The van der Waals surface area contributed by atoms with Crippen molar-refractivity contribution in [3.05, 3.63) is 35.4 Å². The van der Waals surface area contributed by atoms with Crippen LogP contribution >= 0.6 is 0 Å². The van der Waals surface area contributed by atoms with Gasteiger partial charge in [-0.1, -0.05) is 89.8 Å². The molecule has 0 radical (unpaired) electrons. The number of hydrogen-bond acceptors (Lipinski definition) is 4. The van der Waals surface area contributed by atoms with Crippen LogP contribution in [0.15, 0.2) is 24.3 Å². The number of ketones is 1. The van der Waals surface area contributed by atoms with Gasteiger partial charge in [-0.15, -0.1) is 0 Å². The van der Waals surface area contributed by atoms with Crippen LogP contribution in [0.2, 0.25) is 0 Å². The second-order valence-electron chi connectivity index (χ2n) is 12.2. The van der Waals surface area contributed by atoms with E-state index in [4.69, 9.17) is 0 Å². The third kappa shape index (κ3) is 7.91. The SMILES string of the molecule is CCC(CC)C1CCCCCCC(N2CCN(CCNC(=O)c3ccccc3C(=O)C3CCCC3)CC2)C1. The van der Waals surface area contributed by atoms with Crippen molar-refractivity contribution in [1.82, 2.24) is 15.1 Å². The minimum absolute atomic E-state index is 0.0903. The van der Waals surface area contributed by atoms with Crippen LogP contribution in [0.4, 0.5) is 0 Å². The molecule has 5 heteroatoms. The summed E-state index contributed by atoms with van der Waals surface area (Å²) in [6, 6.07) is 8.13. The lowest BCUT2D eigenvalue weighted by Gasteiger charge is -2.41. The summed E-state index contributed by atoms with van der Waals surface area (Å²) in [5.41, 5.74) is 1.15. The van der Waals surface area contributed by atoms with Gasteiger partial charge in [-0.2, -0.15) is 0 Å². The number of carbonyl (C=O) groups is 2. The molecule has 1 aliphatic heterocycles. The average molecular weight is 524 g/mol. The molecule has 0 spiro atoms. The highest BCUT2D eigenvalue weighted by atomic mass is 16.2. The van der Waals surface area contributed by atoms with Crippen molar-refractivity contribution in [3.63, 3.8) is 0 Å². The Morgan fingerprint density at radius 3 is 2.16 bits per heavy atom. The van der Waals surface area contributed by atoms with E-state index in [1.807, 2.05) is 24.3 Å². The predicted molar refractivity (Wildman–Crippen MR) is 157 cm³/mol. The Kier molecular flexibility index (Phi) is 11.7. The first-order valence-corrected chi connectivity index (χ1v) is 16.0. The van der Waals surface area contributed by atoms with Crippen LogP contribution in [-0.2, 0) is 0 Å². The van der Waals surface area contributed by atoms with Crippen molar-refractivity contribution in [2.24, 2.45) is 17.8 Å². The molecule has 2 atom stereocenters. The molecule has 3 aliphatic rings. The molecule has 2 aliphatic carbocycles. The zero-order chi connectivity index (χ0) is 26.7. The Hall–Kier alpha value is -1.72. The van der Waals surface area contributed by atoms with Gasteiger partial charge in [0, 0.05) is 56.8 Å². The summed E-state index contributed by atoms with van der Waals surface area (Å²) >= 11 is 0. The minimum atomic E-state index is -0.108. The third-order valence-corrected chi connectivity index (χ3v) is 9.95. The van der Waals surface area contributed by atoms with Gasteiger partial charge >= 0.3 is 0 Å². The van der Waals surface area contributed by atoms with E-state index in [9.17, 15) is 9.59 Å². The second kappa shape index (κ2) is 15.2. The molecule has 1 amide bonds. The highest BCUT2D eigenvalue weighted by molar-refractivity contribution is 6.08. The zero-order valence-electron chi connectivity index (χ0n) is 24.3. The monoisotopic (exact) mass is 523 g/mol. The van der Waals surface area contributed by atoms with Crippen LogP contribution < -0.4 is 5.32 Å². The van der Waals surface area contributed by atoms with Crippen LogP contribution in [0.1, 0.15) is 118 Å². The van der Waals surface area contributed by atoms with E-state index < -0.39 is 0 Å². The van der Waals surface area contributed by atoms with Crippen molar-refractivity contribution in [3.8, 4) is 0 Å². The van der Waals surface area contributed by atoms with Gasteiger partial charge in [0.15, 0.2) is 5.78 Å². The molecule has 1 aromatic rings. The standard InChI is InChI=1S/C33H53N3O2/c1-3-26(4-2)28-15-7-5-6-8-16-29(25-28)36-23-21-35(22-24-36)20-19-34-33(38)31-18-12-11-17-30(31)32(37)27-13-9-10-14-27/h11-12,17-18,26-29H,3-10,13-16,19-25H2,1-2H3,(H,34,38). The molecule has 0 aromatic heterocycles. The molecule has 1 saturated heterocycles. The first kappa shape index (κ1) is 29.3. The van der Waals surface area contributed by atoms with E-state index in [1.165, 1.54) is 57.8 Å². The number of piperazine rings is 1. The smallest absolute Gasteiger partial charge is 0.252 e. The third-order valence-electron chi connectivity index (χ3n) is 9.95. The number of hydrogen-bond donors (Lipinski definition) is 1. The summed E-state index contributed by atoms with van der Waals surface area (Å²) in [5, 5.41) is 3.11. The highest BCUT2D eigenvalue weighted by Crippen LogP contribution is 2.34. The summed E-state index contributed by atoms with van der Waals surface area (Å²) in [5.74, 6) is 1.92. The van der Waals surface area contributed by atoms with Crippen molar-refractivity contribution < 1.29 is 9.59 Å². The number of nitrogens with zero attached hydrogens (tertiary/aromatic N) is 2. The number of benzene rings is 1. The lowest BCUT2D eigenvalue weighted by Crippen LogP contribution is -2.52. The molecule has 1 heterocycles. The first-order chi connectivity index (χ1) is 18.6. The van der Waals surface area contributed by atoms with Gasteiger partial charge in [0.25, 0.3) is 5.91 Å². The van der Waals surface area contributed by atoms with Crippen molar-refractivity contribution in [1.29, 1.82) is 0 Å². The van der Waals surface area contributed by atoms with Crippen LogP contribution in [0.5, 0.6) is 0 Å². The number of amides is 1. The van der Waals surface area contributed by atoms with Crippen LogP contribution in [0.25, 0.3) is 0 Å². The van der Waals surface area contributed by atoms with Crippen molar-refractivity contribution in [2.45, 2.75) is 103 Å². The first-order valence-electron chi connectivity index (χ1n) is 16.0. The van der Waals surface area contributed by atoms with Gasteiger partial charge < -0.3 is 5.32 Å². The second-order valence-corrected chi connectivity index (χ2v) is 12.2. The molecule has 0 bridgehead atoms. The van der Waals surface area contributed by atoms with E-state index in [-0.39, 0.29) is 17.6 Å². The molecule has 4 rings (SSSR count). The van der Waals surface area contributed by atoms with Crippen LogP contribution in [0, 0.1) is 17.8 Å². The Morgan fingerprint density at radius 2 is 1.47 bits per heavy atom. The Morgan fingerprint density at radius 1 is 0.842 bits per heavy atom. The molecule has 2 saturated carbocycles. The van der Waals surface area contributed by atoms with Crippen LogP contribution in [0.3, 0.4) is 0 Å². The van der Waals surface area contributed by atoms with E-state index in [2.05, 4.69) is 29.0 Å². The Balaban J connectivity index is 1.24. The fraction of sp³-hybridized carbons (Fsp3) is 0.758. The van der Waals surface area contributed by atoms with Crippen LogP contribution in [-0.4, -0.2) is 66.8 Å². The maximum Gasteiger partial charge on any atom is 0.252 e. The maximum absolute atomic E-state index is 13.0. The number of nitrogens with one attached hydrogen (secondary N) is 1. The quantitative estimate of drug-likeness (QED) is 0.352. The summed E-state index contributed by atoms with van der Waals surface area (Å²) < 4.78 is 0. The molecular formula is C33H53N3O2. The number of carbonyl (C=O) groups excluding carboxylic acids is 2. The van der Waals surface area contributed by atoms with Crippen molar-refractivity contribution >= 4 is 11.7 Å². The van der Waals surface area contributed by atoms with Gasteiger partial charge in [-0.05, 0) is 43.6 Å². The Bertz CT molecular complexity index is 869. The molecule has 38 heavy (non-hydrogen) atoms. The number of Topliss-reactive ketones (excluding diaryl/α,β-unsaturated/α-hetero) is 1. The molecule has 1 N–H and O–H groups in total. The lowest BCUT2D eigenvalue weighted by atomic mass is 9.80. The van der Waals surface area contributed by atoms with E-state index in [0.29, 0.717) is 17.7 Å². The molecule has 3 fully saturated rings. The Labute approximate surface area is 232 Å². The van der Waals surface area contributed by atoms with E-state index >= 15 is 0 Å². The molecule has 1 aromatic carbocycles. The lowest BCUT2D eigenvalue weighted by molar-refractivity contribution is 0.0717. The van der Waals surface area contributed by atoms with Gasteiger partial charge in [0.1, 0.15) is 0 Å². The van der Waals surface area contributed by atoms with Crippen molar-refractivity contribution in [2.75, 3.05) is 39.3 Å².